The summed E-state index contributed by atoms with van der Waals surface area (Å²) in [6.07, 6.45) is -0.347. The van der Waals surface area contributed by atoms with Crippen LogP contribution in [0.3, 0.4) is 0 Å². The molecule has 0 saturated heterocycles. The van der Waals surface area contributed by atoms with Gasteiger partial charge in [0.2, 0.25) is 0 Å². The first-order chi connectivity index (χ1) is 3.57. The molecule has 0 spiro atoms. The van der Waals surface area contributed by atoms with Gasteiger partial charge in [-0.3, -0.25) is 4.79 Å². The van der Waals surface area contributed by atoms with Crippen molar-refractivity contribution in [3.05, 3.63) is 0 Å². The van der Waals surface area contributed by atoms with E-state index in [2.05, 4.69) is 0 Å². The highest BCUT2D eigenvalue weighted by Crippen LogP contribution is 2.30. The van der Waals surface area contributed by atoms with Crippen molar-refractivity contribution in [3.63, 3.8) is 0 Å². The van der Waals surface area contributed by atoms with E-state index in [9.17, 15) is 4.79 Å². The van der Waals surface area contributed by atoms with Gasteiger partial charge in [-0.05, 0) is 6.92 Å². The zero-order valence-electron chi connectivity index (χ0n) is 4.72. The van der Waals surface area contributed by atoms with Crippen molar-refractivity contribution in [2.24, 2.45) is 5.73 Å². The highest BCUT2D eigenvalue weighted by molar-refractivity contribution is 6.05. The molecule has 0 heterocycles. The lowest BCUT2D eigenvalue weighted by atomic mass is 10.2. The van der Waals surface area contributed by atoms with E-state index in [-0.39, 0.29) is 5.78 Å². The molecule has 1 fully saturated rings. The van der Waals surface area contributed by atoms with Gasteiger partial charge in [0.1, 0.15) is 5.54 Å². The fourth-order valence-electron chi connectivity index (χ4n) is 0.602. The Hall–Kier alpha value is -0.410. The summed E-state index contributed by atoms with van der Waals surface area (Å²) in [5, 5.41) is 8.78. The number of rotatable bonds is 1. The van der Waals surface area contributed by atoms with Crippen molar-refractivity contribution in [3.8, 4) is 0 Å². The van der Waals surface area contributed by atoms with Gasteiger partial charge in [0.15, 0.2) is 5.78 Å². The molecule has 3 N–H and O–H groups in total. The summed E-state index contributed by atoms with van der Waals surface area (Å²) in [6, 6.07) is 0. The minimum absolute atomic E-state index is 0.0347. The summed E-state index contributed by atoms with van der Waals surface area (Å²) in [7, 11) is 0. The van der Waals surface area contributed by atoms with E-state index in [0.29, 0.717) is 6.42 Å². The van der Waals surface area contributed by atoms with Crippen LogP contribution in [0.25, 0.3) is 0 Å². The van der Waals surface area contributed by atoms with Gasteiger partial charge < -0.3 is 10.8 Å². The summed E-state index contributed by atoms with van der Waals surface area (Å²) >= 11 is 0. The molecule has 2 atom stereocenters. The van der Waals surface area contributed by atoms with Crippen molar-refractivity contribution in [2.45, 2.75) is 25.0 Å². The molecule has 0 aromatic rings. The standard InChI is InChI=1S/C5H9NO2/c1-3(7)5(6)2-4(5)8/h3,7H,2,6H2,1H3/t3-,5?/m1/s1. The molecule has 8 heavy (non-hydrogen) atoms. The minimum atomic E-state index is -0.875. The van der Waals surface area contributed by atoms with E-state index in [1.54, 1.807) is 0 Å². The second kappa shape index (κ2) is 1.30. The number of nitrogens with two attached hydrogens (primary N) is 1. The second-order valence-electron chi connectivity index (χ2n) is 2.32. The first kappa shape index (κ1) is 5.72. The third-order valence-electron chi connectivity index (χ3n) is 1.59. The number of aliphatic hydroxyl groups excluding tert-OH is 1. The summed E-state index contributed by atoms with van der Waals surface area (Å²) < 4.78 is 0. The first-order valence-corrected chi connectivity index (χ1v) is 2.57. The van der Waals surface area contributed by atoms with Gasteiger partial charge in [0.25, 0.3) is 0 Å². The maximum absolute atomic E-state index is 10.4. The molecule has 46 valence electrons. The molecule has 1 saturated carbocycles. The normalized spacial score (nSPS) is 39.6. The van der Waals surface area contributed by atoms with Gasteiger partial charge in [-0.2, -0.15) is 0 Å². The lowest BCUT2D eigenvalue weighted by molar-refractivity contribution is -0.112. The highest BCUT2D eigenvalue weighted by Gasteiger charge is 2.53. The summed E-state index contributed by atoms with van der Waals surface area (Å²) in [5.41, 5.74) is 4.46. The Bertz CT molecular complexity index is 132. The van der Waals surface area contributed by atoms with E-state index >= 15 is 0 Å². The molecule has 0 radical (unpaired) electrons. The molecule has 0 aromatic heterocycles. The molecular formula is C5H9NO2. The van der Waals surface area contributed by atoms with Crippen LogP contribution in [0.4, 0.5) is 0 Å². The van der Waals surface area contributed by atoms with Crippen LogP contribution in [0.1, 0.15) is 13.3 Å². The highest BCUT2D eigenvalue weighted by atomic mass is 16.3. The van der Waals surface area contributed by atoms with Crippen LogP contribution < -0.4 is 5.73 Å². The molecular weight excluding hydrogens is 106 g/mol. The molecule has 0 amide bonds. The number of hydrogen-bond acceptors (Lipinski definition) is 3. The van der Waals surface area contributed by atoms with E-state index in [1.807, 2.05) is 0 Å². The molecule has 1 aliphatic rings. The average Bonchev–Trinajstić information content (AvgIpc) is 2.17. The van der Waals surface area contributed by atoms with Crippen molar-refractivity contribution >= 4 is 5.78 Å². The van der Waals surface area contributed by atoms with Gasteiger partial charge in [-0.1, -0.05) is 0 Å². The van der Waals surface area contributed by atoms with Crippen LogP contribution in [0.2, 0.25) is 0 Å². The third-order valence-corrected chi connectivity index (χ3v) is 1.59. The molecule has 1 rings (SSSR count). The van der Waals surface area contributed by atoms with Gasteiger partial charge in [-0.15, -0.1) is 0 Å². The molecule has 0 aliphatic heterocycles. The summed E-state index contributed by atoms with van der Waals surface area (Å²) in [6.45, 7) is 1.53. The number of carbonyl (C=O) groups is 1. The topological polar surface area (TPSA) is 63.3 Å². The number of hydrogen-bond donors (Lipinski definition) is 2. The second-order valence-corrected chi connectivity index (χ2v) is 2.32. The van der Waals surface area contributed by atoms with Crippen molar-refractivity contribution in [1.82, 2.24) is 0 Å². The van der Waals surface area contributed by atoms with Crippen molar-refractivity contribution in [2.75, 3.05) is 0 Å². The third kappa shape index (κ3) is 0.553. The predicted molar refractivity (Wildman–Crippen MR) is 28.2 cm³/mol. The smallest absolute Gasteiger partial charge is 0.158 e. The lowest BCUT2D eigenvalue weighted by Gasteiger charge is -2.07. The Morgan fingerprint density at radius 3 is 2.38 bits per heavy atom. The molecule has 3 nitrogen and oxygen atoms in total. The molecule has 1 aliphatic carbocycles. The SMILES string of the molecule is C[C@@H](O)C1(N)CC1=O. The average molecular weight is 115 g/mol. The Labute approximate surface area is 47.5 Å². The van der Waals surface area contributed by atoms with E-state index < -0.39 is 11.6 Å². The maximum atomic E-state index is 10.4. The predicted octanol–water partition coefficient (Wildman–Crippen LogP) is -0.963. The quantitative estimate of drug-likeness (QED) is 0.462. The van der Waals surface area contributed by atoms with Crippen LogP contribution in [0, 0.1) is 0 Å². The Morgan fingerprint density at radius 2 is 2.38 bits per heavy atom. The Balaban J connectivity index is 2.59. The maximum Gasteiger partial charge on any atom is 0.158 e. The number of carbonyl (C=O) groups excluding carboxylic acids is 1. The Kier molecular flexibility index (Phi) is 0.929. The monoisotopic (exact) mass is 115 g/mol. The minimum Gasteiger partial charge on any atom is -0.391 e. The molecule has 0 bridgehead atoms. The summed E-state index contributed by atoms with van der Waals surface area (Å²) in [5.74, 6) is -0.0347. The van der Waals surface area contributed by atoms with E-state index in [1.165, 1.54) is 6.92 Å². The van der Waals surface area contributed by atoms with E-state index in [4.69, 9.17) is 10.8 Å². The number of ketones is 1. The Morgan fingerprint density at radius 1 is 2.00 bits per heavy atom. The van der Waals surface area contributed by atoms with Crippen LogP contribution in [-0.2, 0) is 4.79 Å². The van der Waals surface area contributed by atoms with E-state index in [0.717, 1.165) is 0 Å². The number of aliphatic hydroxyl groups is 1. The van der Waals surface area contributed by atoms with Gasteiger partial charge in [0.05, 0.1) is 6.10 Å². The fraction of sp³-hybridized carbons (Fsp3) is 0.800. The van der Waals surface area contributed by atoms with Crippen molar-refractivity contribution in [1.29, 1.82) is 0 Å². The first-order valence-electron chi connectivity index (χ1n) is 2.57. The molecule has 0 aromatic carbocycles. The van der Waals surface area contributed by atoms with Crippen LogP contribution in [0.15, 0.2) is 0 Å². The van der Waals surface area contributed by atoms with Crippen LogP contribution in [-0.4, -0.2) is 22.5 Å². The number of Topliss-reactive ketones (excluding diaryl/α,β-unsaturated/α-hetero) is 1. The molecule has 1 unspecified atom stereocenters. The zero-order chi connectivity index (χ0) is 6.36. The van der Waals surface area contributed by atoms with Crippen molar-refractivity contribution < 1.29 is 9.90 Å². The largest absolute Gasteiger partial charge is 0.391 e. The summed E-state index contributed by atoms with van der Waals surface area (Å²) in [4.78, 5) is 10.4. The fourth-order valence-corrected chi connectivity index (χ4v) is 0.602. The van der Waals surface area contributed by atoms with Crippen LogP contribution >= 0.6 is 0 Å². The van der Waals surface area contributed by atoms with Crippen LogP contribution in [0.5, 0.6) is 0 Å². The molecule has 3 heteroatoms. The van der Waals surface area contributed by atoms with Gasteiger partial charge >= 0.3 is 0 Å². The van der Waals surface area contributed by atoms with Gasteiger partial charge in [-0.25, -0.2) is 0 Å². The van der Waals surface area contributed by atoms with Gasteiger partial charge in [0, 0.05) is 6.42 Å². The zero-order valence-corrected chi connectivity index (χ0v) is 4.72. The lowest BCUT2D eigenvalue weighted by Crippen LogP contribution is -2.37.